The first kappa shape index (κ1) is 21.1. The van der Waals surface area contributed by atoms with Crippen LogP contribution in [-0.4, -0.2) is 53.0 Å². The molecule has 156 valence electrons. The van der Waals surface area contributed by atoms with Crippen LogP contribution in [-0.2, 0) is 17.5 Å². The van der Waals surface area contributed by atoms with E-state index in [-0.39, 0.29) is 11.7 Å². The number of halogens is 3. The number of alkyl halides is 3. The summed E-state index contributed by atoms with van der Waals surface area (Å²) in [5, 5.41) is 0. The lowest BCUT2D eigenvalue weighted by Crippen LogP contribution is -2.42. The number of nitrogens with zero attached hydrogens (tertiary/aromatic N) is 3. The number of amides is 1. The molecule has 1 saturated heterocycles. The zero-order chi connectivity index (χ0) is 20.9. The second-order valence-corrected chi connectivity index (χ2v) is 7.06. The highest BCUT2D eigenvalue weighted by Crippen LogP contribution is 2.31. The normalized spacial score (nSPS) is 16.9. The second-order valence-electron chi connectivity index (χ2n) is 7.06. The molecule has 0 N–H and O–H groups in total. The number of hydrogen-bond donors (Lipinski definition) is 0. The topological polar surface area (TPSA) is 45.7 Å². The number of ether oxygens (including phenoxy) is 1. The summed E-state index contributed by atoms with van der Waals surface area (Å²) < 4.78 is 44.1. The largest absolute Gasteiger partial charge is 0.481 e. The van der Waals surface area contributed by atoms with Crippen LogP contribution in [0.25, 0.3) is 0 Å². The molecule has 1 aromatic carbocycles. The number of benzene rings is 1. The molecule has 1 unspecified atom stereocenters. The Morgan fingerprint density at radius 1 is 1.14 bits per heavy atom. The molecular formula is C21H24F3N3O2. The lowest BCUT2D eigenvalue weighted by atomic mass is 10.2. The van der Waals surface area contributed by atoms with Crippen molar-refractivity contribution < 1.29 is 22.7 Å². The summed E-state index contributed by atoms with van der Waals surface area (Å²) in [5.74, 6) is -0.186. The van der Waals surface area contributed by atoms with E-state index in [0.29, 0.717) is 19.6 Å². The van der Waals surface area contributed by atoms with Gasteiger partial charge in [-0.25, -0.2) is 0 Å². The number of pyridine rings is 1. The first-order chi connectivity index (χ1) is 13.8. The van der Waals surface area contributed by atoms with Crippen LogP contribution >= 0.6 is 0 Å². The van der Waals surface area contributed by atoms with E-state index in [2.05, 4.69) is 9.88 Å². The minimum Gasteiger partial charge on any atom is -0.481 e. The molecule has 0 radical (unpaired) electrons. The van der Waals surface area contributed by atoms with E-state index < -0.39 is 17.8 Å². The maximum atomic E-state index is 12.9. The smallest absolute Gasteiger partial charge is 0.416 e. The average Bonchev–Trinajstić information content (AvgIpc) is 2.93. The quantitative estimate of drug-likeness (QED) is 0.760. The molecule has 1 atom stereocenters. The number of aromatic nitrogens is 1. The molecule has 0 saturated carbocycles. The van der Waals surface area contributed by atoms with Crippen LogP contribution in [0, 0.1) is 0 Å². The van der Waals surface area contributed by atoms with Crippen molar-refractivity contribution in [1.29, 1.82) is 0 Å². The van der Waals surface area contributed by atoms with Gasteiger partial charge in [-0.05, 0) is 43.7 Å². The monoisotopic (exact) mass is 407 g/mol. The van der Waals surface area contributed by atoms with Gasteiger partial charge in [0.05, 0.1) is 11.3 Å². The van der Waals surface area contributed by atoms with E-state index in [4.69, 9.17) is 4.74 Å². The molecule has 2 aromatic rings. The van der Waals surface area contributed by atoms with Crippen LogP contribution in [0.3, 0.4) is 0 Å². The maximum Gasteiger partial charge on any atom is 0.416 e. The number of rotatable bonds is 5. The predicted molar refractivity (Wildman–Crippen MR) is 102 cm³/mol. The lowest BCUT2D eigenvalue weighted by Gasteiger charge is -2.25. The highest BCUT2D eigenvalue weighted by molar-refractivity contribution is 5.81. The molecule has 8 heteroatoms. The Balaban J connectivity index is 1.56. The lowest BCUT2D eigenvalue weighted by molar-refractivity contribution is -0.138. The molecule has 1 aliphatic rings. The molecule has 2 heterocycles. The average molecular weight is 407 g/mol. The van der Waals surface area contributed by atoms with Crippen molar-refractivity contribution in [2.75, 3.05) is 26.2 Å². The Morgan fingerprint density at radius 2 is 1.97 bits per heavy atom. The van der Waals surface area contributed by atoms with E-state index >= 15 is 0 Å². The van der Waals surface area contributed by atoms with Gasteiger partial charge in [-0.3, -0.25) is 14.7 Å². The van der Waals surface area contributed by atoms with E-state index in [9.17, 15) is 18.0 Å². The van der Waals surface area contributed by atoms with Crippen LogP contribution in [0.4, 0.5) is 13.2 Å². The third kappa shape index (κ3) is 5.93. The summed E-state index contributed by atoms with van der Waals surface area (Å²) in [6.45, 7) is 4.98. The Morgan fingerprint density at radius 3 is 2.69 bits per heavy atom. The fourth-order valence-electron chi connectivity index (χ4n) is 3.33. The van der Waals surface area contributed by atoms with Gasteiger partial charge in [-0.2, -0.15) is 13.2 Å². The SMILES string of the molecule is CC(Oc1cccc(C(F)(F)F)c1)C(=O)N1CCCN(Cc2ccccn2)CC1. The van der Waals surface area contributed by atoms with E-state index in [0.717, 1.165) is 37.3 Å². The molecule has 0 spiro atoms. The second kappa shape index (κ2) is 9.26. The van der Waals surface area contributed by atoms with Gasteiger partial charge >= 0.3 is 6.18 Å². The Labute approximate surface area is 168 Å². The summed E-state index contributed by atoms with van der Waals surface area (Å²) in [7, 11) is 0. The fraction of sp³-hybridized carbons (Fsp3) is 0.429. The molecular weight excluding hydrogens is 383 g/mol. The zero-order valence-corrected chi connectivity index (χ0v) is 16.2. The fourth-order valence-corrected chi connectivity index (χ4v) is 3.33. The van der Waals surface area contributed by atoms with Gasteiger partial charge < -0.3 is 9.64 Å². The minimum atomic E-state index is -4.45. The van der Waals surface area contributed by atoms with E-state index in [1.807, 2.05) is 18.2 Å². The molecule has 1 amide bonds. The zero-order valence-electron chi connectivity index (χ0n) is 16.2. The van der Waals surface area contributed by atoms with Gasteiger partial charge in [0.2, 0.25) is 0 Å². The van der Waals surface area contributed by atoms with Crippen LogP contribution in [0.15, 0.2) is 48.7 Å². The first-order valence-corrected chi connectivity index (χ1v) is 9.58. The van der Waals surface area contributed by atoms with Gasteiger partial charge in [0, 0.05) is 38.9 Å². The van der Waals surface area contributed by atoms with Crippen LogP contribution in [0.2, 0.25) is 0 Å². The Hall–Kier alpha value is -2.61. The summed E-state index contributed by atoms with van der Waals surface area (Å²) in [6.07, 6.45) is -2.74. The van der Waals surface area contributed by atoms with Crippen molar-refractivity contribution in [3.63, 3.8) is 0 Å². The first-order valence-electron chi connectivity index (χ1n) is 9.58. The molecule has 5 nitrogen and oxygen atoms in total. The highest BCUT2D eigenvalue weighted by atomic mass is 19.4. The van der Waals surface area contributed by atoms with Crippen LogP contribution in [0.5, 0.6) is 5.75 Å². The third-order valence-electron chi connectivity index (χ3n) is 4.83. The maximum absolute atomic E-state index is 12.9. The number of carbonyl (C=O) groups is 1. The molecule has 29 heavy (non-hydrogen) atoms. The van der Waals surface area contributed by atoms with Crippen LogP contribution in [0.1, 0.15) is 24.6 Å². The van der Waals surface area contributed by atoms with Crippen molar-refractivity contribution in [3.8, 4) is 5.75 Å². The molecule has 0 bridgehead atoms. The summed E-state index contributed by atoms with van der Waals surface area (Å²) in [4.78, 5) is 21.0. The van der Waals surface area contributed by atoms with Gasteiger partial charge in [-0.15, -0.1) is 0 Å². The van der Waals surface area contributed by atoms with Crippen molar-refractivity contribution in [2.24, 2.45) is 0 Å². The van der Waals surface area contributed by atoms with Crippen molar-refractivity contribution in [3.05, 3.63) is 59.9 Å². The predicted octanol–water partition coefficient (Wildman–Crippen LogP) is 3.60. The third-order valence-corrected chi connectivity index (χ3v) is 4.83. The Kier molecular flexibility index (Phi) is 6.74. The summed E-state index contributed by atoms with van der Waals surface area (Å²) in [6, 6.07) is 10.4. The molecule has 1 fully saturated rings. The molecule has 0 aliphatic carbocycles. The van der Waals surface area contributed by atoms with E-state index in [1.54, 1.807) is 18.0 Å². The van der Waals surface area contributed by atoms with Crippen LogP contribution < -0.4 is 4.74 Å². The summed E-state index contributed by atoms with van der Waals surface area (Å²) >= 11 is 0. The molecule has 1 aliphatic heterocycles. The highest BCUT2D eigenvalue weighted by Gasteiger charge is 2.31. The standard InChI is InChI=1S/C21H24F3N3O2/c1-16(29-19-8-4-6-17(14-19)21(22,23)24)20(28)27-11-5-10-26(12-13-27)15-18-7-2-3-9-25-18/h2-4,6-9,14,16H,5,10-13,15H2,1H3. The number of carbonyl (C=O) groups excluding carboxylic acids is 1. The number of hydrogen-bond acceptors (Lipinski definition) is 4. The molecule has 3 rings (SSSR count). The van der Waals surface area contributed by atoms with E-state index in [1.165, 1.54) is 12.1 Å². The van der Waals surface area contributed by atoms with Crippen molar-refractivity contribution >= 4 is 5.91 Å². The van der Waals surface area contributed by atoms with Crippen molar-refractivity contribution in [2.45, 2.75) is 32.2 Å². The summed E-state index contributed by atoms with van der Waals surface area (Å²) in [5.41, 5.74) is 0.183. The van der Waals surface area contributed by atoms with Gasteiger partial charge in [0.1, 0.15) is 5.75 Å². The van der Waals surface area contributed by atoms with Gasteiger partial charge in [-0.1, -0.05) is 12.1 Å². The van der Waals surface area contributed by atoms with Crippen molar-refractivity contribution in [1.82, 2.24) is 14.8 Å². The minimum absolute atomic E-state index is 0.0345. The Bertz CT molecular complexity index is 814. The molecule has 1 aromatic heterocycles. The van der Waals surface area contributed by atoms with Gasteiger partial charge in [0.25, 0.3) is 5.91 Å². The van der Waals surface area contributed by atoms with Gasteiger partial charge in [0.15, 0.2) is 6.10 Å².